The zero-order chi connectivity index (χ0) is 30.0. The lowest BCUT2D eigenvalue weighted by Crippen LogP contribution is -2.54. The Balaban J connectivity index is 1.53. The van der Waals surface area contributed by atoms with Crippen LogP contribution in [0.2, 0.25) is 0 Å². The van der Waals surface area contributed by atoms with Crippen LogP contribution in [0.4, 0.5) is 0 Å². The first-order chi connectivity index (χ1) is 20.1. The average molecular weight is 576 g/mol. The molecule has 1 saturated carbocycles. The molecule has 1 N–H and O–H groups in total. The minimum atomic E-state index is -0.687. The topological polar surface area (TPSA) is 110 Å². The van der Waals surface area contributed by atoms with E-state index in [1.165, 1.54) is 6.92 Å². The molecule has 1 saturated heterocycles. The second-order valence-corrected chi connectivity index (χ2v) is 12.0. The van der Waals surface area contributed by atoms with Crippen molar-refractivity contribution >= 4 is 45.1 Å². The lowest BCUT2D eigenvalue weighted by atomic mass is 9.82. The maximum absolute atomic E-state index is 13.8. The number of aliphatic hydroxyl groups excluding tert-OH is 1. The van der Waals surface area contributed by atoms with Crippen LogP contribution in [0.15, 0.2) is 41.6 Å². The molecule has 2 atom stereocenters. The van der Waals surface area contributed by atoms with Crippen molar-refractivity contribution in [2.24, 2.45) is 11.1 Å². The van der Waals surface area contributed by atoms with Crippen LogP contribution in [0, 0.1) is 5.92 Å². The van der Waals surface area contributed by atoms with Gasteiger partial charge in [-0.2, -0.15) is 0 Å². The van der Waals surface area contributed by atoms with Crippen molar-refractivity contribution < 1.29 is 29.1 Å². The zero-order valence-corrected chi connectivity index (χ0v) is 25.0. The molecule has 9 nitrogen and oxygen atoms in total. The molecule has 0 bridgehead atoms. The van der Waals surface area contributed by atoms with Crippen LogP contribution >= 0.6 is 0 Å². The number of carbonyl (C=O) groups excluding carboxylic acids is 3. The maximum Gasteiger partial charge on any atom is 0.331 e. The highest BCUT2D eigenvalue weighted by Gasteiger charge is 2.36. The summed E-state index contributed by atoms with van der Waals surface area (Å²) in [6.45, 7) is 10.6. The van der Waals surface area contributed by atoms with Crippen LogP contribution in [-0.2, 0) is 20.9 Å². The second kappa shape index (κ2) is 12.5. The number of hydrogen-bond donors (Lipinski definition) is 1. The van der Waals surface area contributed by atoms with Crippen molar-refractivity contribution in [1.29, 1.82) is 0 Å². The summed E-state index contributed by atoms with van der Waals surface area (Å²) in [7, 11) is 0. The molecular formula is C33H41N3O6. The number of hydrogen-bond acceptors (Lipinski definition) is 8. The van der Waals surface area contributed by atoms with Crippen LogP contribution < -0.4 is 0 Å². The summed E-state index contributed by atoms with van der Waals surface area (Å²) in [5.41, 5.74) is 2.42. The molecule has 1 aliphatic heterocycles. The van der Waals surface area contributed by atoms with Gasteiger partial charge in [-0.3, -0.25) is 14.5 Å². The number of rotatable bonds is 9. The molecule has 42 heavy (non-hydrogen) atoms. The molecule has 2 heterocycles. The van der Waals surface area contributed by atoms with Crippen molar-refractivity contribution in [3.05, 3.63) is 47.5 Å². The SMILES string of the molecule is CCn1c2ccc(C(=O)/C(CC3CCCCC3O)=N/OC(C)=O)cc2c2cc(C(=O)C(C)(C)N3CCOCC3)ccc21. The summed E-state index contributed by atoms with van der Waals surface area (Å²) >= 11 is 0. The van der Waals surface area contributed by atoms with Crippen molar-refractivity contribution in [2.75, 3.05) is 26.3 Å². The molecule has 224 valence electrons. The van der Waals surface area contributed by atoms with Gasteiger partial charge in [-0.1, -0.05) is 18.0 Å². The van der Waals surface area contributed by atoms with E-state index in [4.69, 9.17) is 9.57 Å². The lowest BCUT2D eigenvalue weighted by Gasteiger charge is -2.39. The Kier molecular flexibility index (Phi) is 8.92. The normalized spacial score (nSPS) is 20.6. The van der Waals surface area contributed by atoms with Gasteiger partial charge in [-0.25, -0.2) is 4.79 Å². The van der Waals surface area contributed by atoms with E-state index in [0.717, 1.165) is 47.6 Å². The molecule has 2 fully saturated rings. The van der Waals surface area contributed by atoms with Crippen molar-refractivity contribution in [3.8, 4) is 0 Å². The Morgan fingerprint density at radius 3 is 2.24 bits per heavy atom. The molecule has 2 unspecified atom stereocenters. The molecule has 9 heteroatoms. The van der Waals surface area contributed by atoms with Gasteiger partial charge in [-0.05, 0) is 75.9 Å². The number of ketones is 2. The van der Waals surface area contributed by atoms with Crippen LogP contribution in [0.3, 0.4) is 0 Å². The highest BCUT2D eigenvalue weighted by molar-refractivity contribution is 6.46. The molecule has 0 radical (unpaired) electrons. The fraction of sp³-hybridized carbons (Fsp3) is 0.515. The van der Waals surface area contributed by atoms with Crippen LogP contribution in [-0.4, -0.2) is 75.8 Å². The molecule has 0 spiro atoms. The largest absolute Gasteiger partial charge is 0.393 e. The Morgan fingerprint density at radius 2 is 1.62 bits per heavy atom. The average Bonchev–Trinajstić information content (AvgIpc) is 3.31. The standard InChI is InChI=1S/C33H41N3O6/c1-5-36-28-12-10-23(31(39)27(34-42-21(2)37)20-22-8-6-7-9-30(22)38)18-25(28)26-19-24(11-13-29(26)36)32(40)33(3,4)35-14-16-41-17-15-35/h10-13,18-19,22,30,38H,5-9,14-17,20H2,1-4H3/b34-27+. The fourth-order valence-electron chi connectivity index (χ4n) is 6.48. The maximum atomic E-state index is 13.8. The lowest BCUT2D eigenvalue weighted by molar-refractivity contribution is -0.140. The first-order valence-corrected chi connectivity index (χ1v) is 15.0. The number of oxime groups is 1. The van der Waals surface area contributed by atoms with E-state index in [2.05, 4.69) is 21.5 Å². The smallest absolute Gasteiger partial charge is 0.331 e. The monoisotopic (exact) mass is 575 g/mol. The van der Waals surface area contributed by atoms with Gasteiger partial charge in [0.15, 0.2) is 5.78 Å². The predicted octanol–water partition coefficient (Wildman–Crippen LogP) is 5.15. The van der Waals surface area contributed by atoms with Gasteiger partial charge in [-0.15, -0.1) is 0 Å². The Labute approximate surface area is 246 Å². The number of carbonyl (C=O) groups is 3. The van der Waals surface area contributed by atoms with Crippen molar-refractivity contribution in [2.45, 2.75) is 78.0 Å². The van der Waals surface area contributed by atoms with Gasteiger partial charge in [0.05, 0.1) is 24.9 Å². The number of aliphatic hydroxyl groups is 1. The van der Waals surface area contributed by atoms with Gasteiger partial charge in [0.2, 0.25) is 5.78 Å². The number of fused-ring (bicyclic) bond motifs is 3. The minimum absolute atomic E-state index is 0.0396. The van der Waals surface area contributed by atoms with E-state index >= 15 is 0 Å². The predicted molar refractivity (Wildman–Crippen MR) is 162 cm³/mol. The van der Waals surface area contributed by atoms with Crippen molar-refractivity contribution in [3.63, 3.8) is 0 Å². The number of benzene rings is 2. The number of ether oxygens (including phenoxy) is 1. The van der Waals surface area contributed by atoms with Gasteiger partial charge in [0, 0.05) is 65.9 Å². The molecule has 1 aromatic heterocycles. The van der Waals surface area contributed by atoms with Gasteiger partial charge < -0.3 is 19.2 Å². The van der Waals surface area contributed by atoms with E-state index < -0.39 is 17.6 Å². The third kappa shape index (κ3) is 5.91. The van der Waals surface area contributed by atoms with Crippen LogP contribution in [0.25, 0.3) is 21.8 Å². The number of morpholine rings is 1. The van der Waals surface area contributed by atoms with Gasteiger partial charge >= 0.3 is 5.97 Å². The summed E-state index contributed by atoms with van der Waals surface area (Å²) in [6, 6.07) is 11.3. The third-order valence-corrected chi connectivity index (χ3v) is 8.93. The summed E-state index contributed by atoms with van der Waals surface area (Å²) in [5.74, 6) is -1.03. The molecule has 5 rings (SSSR count). The molecule has 2 aromatic carbocycles. The van der Waals surface area contributed by atoms with E-state index in [1.807, 2.05) is 44.2 Å². The Bertz CT molecular complexity index is 1530. The number of Topliss-reactive ketones (excluding diaryl/α,β-unsaturated/α-hetero) is 2. The summed E-state index contributed by atoms with van der Waals surface area (Å²) < 4.78 is 7.67. The van der Waals surface area contributed by atoms with E-state index in [0.29, 0.717) is 43.9 Å². The summed E-state index contributed by atoms with van der Waals surface area (Å²) in [5, 5.41) is 16.2. The molecule has 0 amide bonds. The molecule has 2 aliphatic rings. The highest BCUT2D eigenvalue weighted by atomic mass is 16.7. The van der Waals surface area contributed by atoms with Gasteiger partial charge in [0.1, 0.15) is 5.71 Å². The summed E-state index contributed by atoms with van der Waals surface area (Å²) in [4.78, 5) is 46.2. The van der Waals surface area contributed by atoms with Crippen LogP contribution in [0.1, 0.15) is 80.5 Å². The van der Waals surface area contributed by atoms with E-state index in [-0.39, 0.29) is 29.6 Å². The highest BCUT2D eigenvalue weighted by Crippen LogP contribution is 2.33. The third-order valence-electron chi connectivity index (χ3n) is 8.93. The molecular weight excluding hydrogens is 534 g/mol. The Hall–Kier alpha value is -3.40. The number of aryl methyl sites for hydroxylation is 1. The molecule has 3 aromatic rings. The number of aromatic nitrogens is 1. The minimum Gasteiger partial charge on any atom is -0.393 e. The van der Waals surface area contributed by atoms with E-state index in [1.54, 1.807) is 6.07 Å². The second-order valence-electron chi connectivity index (χ2n) is 12.0. The first-order valence-electron chi connectivity index (χ1n) is 15.0. The quantitative estimate of drug-likeness (QED) is 0.163. The van der Waals surface area contributed by atoms with Gasteiger partial charge in [0.25, 0.3) is 0 Å². The number of nitrogens with zero attached hydrogens (tertiary/aromatic N) is 3. The van der Waals surface area contributed by atoms with Crippen LogP contribution in [0.5, 0.6) is 0 Å². The van der Waals surface area contributed by atoms with E-state index in [9.17, 15) is 19.5 Å². The first kappa shape index (κ1) is 30.1. The summed E-state index contributed by atoms with van der Waals surface area (Å²) in [6.07, 6.45) is 3.12. The molecule has 1 aliphatic carbocycles. The Morgan fingerprint density at radius 1 is 1.00 bits per heavy atom. The van der Waals surface area contributed by atoms with Crippen molar-refractivity contribution in [1.82, 2.24) is 9.47 Å². The zero-order valence-electron chi connectivity index (χ0n) is 25.0. The fourth-order valence-corrected chi connectivity index (χ4v) is 6.48.